The summed E-state index contributed by atoms with van der Waals surface area (Å²) in [4.78, 5) is 19.6. The minimum absolute atomic E-state index is 0.0485. The second-order valence-electron chi connectivity index (χ2n) is 6.28. The van der Waals surface area contributed by atoms with Crippen molar-refractivity contribution in [2.45, 2.75) is 44.9 Å². The van der Waals surface area contributed by atoms with Crippen molar-refractivity contribution in [2.24, 2.45) is 4.99 Å². The lowest BCUT2D eigenvalue weighted by atomic mass is 10.3. The van der Waals surface area contributed by atoms with Gasteiger partial charge in [0.25, 0.3) is 0 Å². The standard InChI is InChI=1S/C15H31N5O3S/c1-6-12(3)18-15(16-10-14(21)19(4)5)20-9-8-13(11-20)24(22,23)17-7-2/h12-13,17H,6-11H2,1-5H3,(H,16,18). The molecule has 1 aliphatic rings. The maximum absolute atomic E-state index is 12.2. The minimum atomic E-state index is -3.30. The fourth-order valence-electron chi connectivity index (χ4n) is 2.34. The van der Waals surface area contributed by atoms with Crippen LogP contribution >= 0.6 is 0 Å². The van der Waals surface area contributed by atoms with Crippen molar-refractivity contribution in [2.75, 3.05) is 40.3 Å². The van der Waals surface area contributed by atoms with Crippen molar-refractivity contribution in [3.8, 4) is 0 Å². The molecule has 1 saturated heterocycles. The highest BCUT2D eigenvalue weighted by Gasteiger charge is 2.34. The van der Waals surface area contributed by atoms with E-state index in [1.54, 1.807) is 21.0 Å². The highest BCUT2D eigenvalue weighted by Crippen LogP contribution is 2.16. The molecule has 1 fully saturated rings. The second-order valence-corrected chi connectivity index (χ2v) is 8.33. The molecule has 0 saturated carbocycles. The zero-order chi connectivity index (χ0) is 18.3. The molecule has 0 bridgehead atoms. The Morgan fingerprint density at radius 3 is 2.58 bits per heavy atom. The lowest BCUT2D eigenvalue weighted by molar-refractivity contribution is -0.127. The fraction of sp³-hybridized carbons (Fsp3) is 0.867. The summed E-state index contributed by atoms with van der Waals surface area (Å²) in [7, 11) is 0.0731. The van der Waals surface area contributed by atoms with E-state index in [4.69, 9.17) is 0 Å². The summed E-state index contributed by atoms with van der Waals surface area (Å²) in [6.45, 7) is 7.29. The maximum atomic E-state index is 12.2. The van der Waals surface area contributed by atoms with Crippen molar-refractivity contribution in [3.05, 3.63) is 0 Å². The first-order valence-electron chi connectivity index (χ1n) is 8.45. The first kappa shape index (κ1) is 20.7. The van der Waals surface area contributed by atoms with Gasteiger partial charge in [-0.3, -0.25) is 4.79 Å². The van der Waals surface area contributed by atoms with Gasteiger partial charge in [0.05, 0.1) is 5.25 Å². The molecular formula is C15H31N5O3S. The van der Waals surface area contributed by atoms with E-state index in [1.807, 2.05) is 11.8 Å². The van der Waals surface area contributed by atoms with E-state index in [0.29, 0.717) is 32.0 Å². The third-order valence-corrected chi connectivity index (χ3v) is 6.03. The summed E-state index contributed by atoms with van der Waals surface area (Å²) >= 11 is 0. The number of likely N-dealkylation sites (tertiary alicyclic amines) is 1. The van der Waals surface area contributed by atoms with Gasteiger partial charge in [-0.2, -0.15) is 0 Å². The van der Waals surface area contributed by atoms with Crippen LogP contribution in [0.1, 0.15) is 33.6 Å². The molecule has 1 heterocycles. The smallest absolute Gasteiger partial charge is 0.243 e. The molecular weight excluding hydrogens is 330 g/mol. The number of hydrogen-bond acceptors (Lipinski definition) is 4. The average molecular weight is 362 g/mol. The molecule has 0 aromatic heterocycles. The van der Waals surface area contributed by atoms with Crippen LogP contribution in [0.25, 0.3) is 0 Å². The van der Waals surface area contributed by atoms with Crippen molar-refractivity contribution in [1.82, 2.24) is 19.8 Å². The highest BCUT2D eigenvalue weighted by molar-refractivity contribution is 7.90. The maximum Gasteiger partial charge on any atom is 0.243 e. The van der Waals surface area contributed by atoms with Crippen LogP contribution in [0.2, 0.25) is 0 Å². The molecule has 0 radical (unpaired) electrons. The van der Waals surface area contributed by atoms with Gasteiger partial charge in [0.2, 0.25) is 15.9 Å². The first-order valence-corrected chi connectivity index (χ1v) is 10.00. The lowest BCUT2D eigenvalue weighted by Crippen LogP contribution is -2.46. The lowest BCUT2D eigenvalue weighted by Gasteiger charge is -2.25. The van der Waals surface area contributed by atoms with Gasteiger partial charge in [-0.25, -0.2) is 18.1 Å². The topological polar surface area (TPSA) is 94.1 Å². The van der Waals surface area contributed by atoms with E-state index in [2.05, 4.69) is 22.0 Å². The van der Waals surface area contributed by atoms with Crippen LogP contribution in [0.3, 0.4) is 0 Å². The summed E-state index contributed by atoms with van der Waals surface area (Å²) in [5, 5.41) is 2.84. The second kappa shape index (κ2) is 9.22. The Balaban J connectivity index is 2.84. The van der Waals surface area contributed by atoms with Gasteiger partial charge in [-0.15, -0.1) is 0 Å². The number of carbonyl (C=O) groups is 1. The number of rotatable bonds is 7. The van der Waals surface area contributed by atoms with Gasteiger partial charge in [0, 0.05) is 39.8 Å². The number of guanidine groups is 1. The van der Waals surface area contributed by atoms with Gasteiger partial charge in [-0.05, 0) is 19.8 Å². The highest BCUT2D eigenvalue weighted by atomic mass is 32.2. The summed E-state index contributed by atoms with van der Waals surface area (Å²) in [5.74, 6) is 0.517. The molecule has 9 heteroatoms. The van der Waals surface area contributed by atoms with Crippen LogP contribution in [0, 0.1) is 0 Å². The molecule has 1 rings (SSSR count). The molecule has 8 nitrogen and oxygen atoms in total. The Hall–Kier alpha value is -1.35. The molecule has 0 aliphatic carbocycles. The quantitative estimate of drug-likeness (QED) is 0.485. The Bertz CT molecular complexity index is 547. The van der Waals surface area contributed by atoms with Crippen LogP contribution in [-0.4, -0.2) is 81.7 Å². The van der Waals surface area contributed by atoms with Gasteiger partial charge in [-0.1, -0.05) is 13.8 Å². The molecule has 2 N–H and O–H groups in total. The monoisotopic (exact) mass is 361 g/mol. The van der Waals surface area contributed by atoms with Crippen LogP contribution in [0.15, 0.2) is 4.99 Å². The van der Waals surface area contributed by atoms with Crippen LogP contribution in [0.5, 0.6) is 0 Å². The van der Waals surface area contributed by atoms with Crippen LogP contribution in [0.4, 0.5) is 0 Å². The van der Waals surface area contributed by atoms with Gasteiger partial charge in [0.1, 0.15) is 6.54 Å². The Kier molecular flexibility index (Phi) is 7.95. The van der Waals surface area contributed by atoms with Crippen LogP contribution in [-0.2, 0) is 14.8 Å². The number of aliphatic imine (C=N–C) groups is 1. The Morgan fingerprint density at radius 2 is 2.04 bits per heavy atom. The third kappa shape index (κ3) is 5.94. The predicted octanol–water partition coefficient (Wildman–Crippen LogP) is -0.168. The van der Waals surface area contributed by atoms with Gasteiger partial charge < -0.3 is 15.1 Å². The molecule has 140 valence electrons. The number of nitrogens with zero attached hydrogens (tertiary/aromatic N) is 3. The van der Waals surface area contributed by atoms with Crippen molar-refractivity contribution in [1.29, 1.82) is 0 Å². The van der Waals surface area contributed by atoms with Crippen molar-refractivity contribution in [3.63, 3.8) is 0 Å². The number of carbonyl (C=O) groups excluding carboxylic acids is 1. The Morgan fingerprint density at radius 1 is 1.38 bits per heavy atom. The van der Waals surface area contributed by atoms with Gasteiger partial charge in [0.15, 0.2) is 5.96 Å². The first-order chi connectivity index (χ1) is 11.2. The normalized spacial score (nSPS) is 20.1. The minimum Gasteiger partial charge on any atom is -0.354 e. The number of nitrogens with one attached hydrogen (secondary N) is 2. The molecule has 0 spiro atoms. The zero-order valence-corrected chi connectivity index (χ0v) is 16.2. The van der Waals surface area contributed by atoms with Crippen molar-refractivity contribution < 1.29 is 13.2 Å². The Labute approximate surface area is 145 Å². The van der Waals surface area contributed by atoms with E-state index in [1.165, 1.54) is 4.90 Å². The largest absolute Gasteiger partial charge is 0.354 e. The van der Waals surface area contributed by atoms with E-state index in [9.17, 15) is 13.2 Å². The zero-order valence-electron chi connectivity index (χ0n) is 15.4. The van der Waals surface area contributed by atoms with E-state index in [0.717, 1.165) is 6.42 Å². The van der Waals surface area contributed by atoms with E-state index < -0.39 is 15.3 Å². The number of hydrogen-bond donors (Lipinski definition) is 2. The molecule has 24 heavy (non-hydrogen) atoms. The van der Waals surface area contributed by atoms with Gasteiger partial charge >= 0.3 is 0 Å². The molecule has 0 aromatic carbocycles. The van der Waals surface area contributed by atoms with Crippen LogP contribution < -0.4 is 10.0 Å². The molecule has 2 atom stereocenters. The molecule has 2 unspecified atom stereocenters. The number of sulfonamides is 1. The summed E-state index contributed by atoms with van der Waals surface area (Å²) < 4.78 is 26.9. The summed E-state index contributed by atoms with van der Waals surface area (Å²) in [6, 6.07) is 0.197. The van der Waals surface area contributed by atoms with Crippen molar-refractivity contribution >= 4 is 21.9 Å². The molecule has 0 aromatic rings. The fourth-order valence-corrected chi connectivity index (χ4v) is 3.77. The molecule has 1 aliphatic heterocycles. The summed E-state index contributed by atoms with van der Waals surface area (Å²) in [5.41, 5.74) is 0. The predicted molar refractivity (Wildman–Crippen MR) is 96.5 cm³/mol. The van der Waals surface area contributed by atoms with E-state index in [-0.39, 0.29) is 18.5 Å². The number of likely N-dealkylation sites (N-methyl/N-ethyl adjacent to an activating group) is 1. The SMILES string of the molecule is CCNS(=O)(=O)C1CCN(C(=NCC(=O)N(C)C)NC(C)CC)C1. The third-order valence-electron chi connectivity index (χ3n) is 4.08. The van der Waals surface area contributed by atoms with E-state index >= 15 is 0 Å². The molecule has 1 amide bonds. The summed E-state index contributed by atoms with van der Waals surface area (Å²) in [6.07, 6.45) is 1.46. The average Bonchev–Trinajstić information content (AvgIpc) is 3.01. The number of amides is 1.